The number of carbonyl (C=O) groups excluding carboxylic acids is 1. The molecule has 1 unspecified atom stereocenters. The Hall–Kier alpha value is -3.93. The van der Waals surface area contributed by atoms with Gasteiger partial charge in [0.25, 0.3) is 5.91 Å². The zero-order valence-electron chi connectivity index (χ0n) is 23.4. The highest BCUT2D eigenvalue weighted by molar-refractivity contribution is 7.88. The number of hydrogen-bond acceptors (Lipinski definition) is 6. The fourth-order valence-electron chi connectivity index (χ4n) is 5.48. The van der Waals surface area contributed by atoms with Gasteiger partial charge in [0.2, 0.25) is 10.0 Å². The molecule has 2 fully saturated rings. The maximum Gasteiger partial charge on any atom is 0.254 e. The molecule has 0 bridgehead atoms. The minimum absolute atomic E-state index is 0.132. The normalized spacial score (nSPS) is 19.1. The second-order valence-electron chi connectivity index (χ2n) is 10.9. The van der Waals surface area contributed by atoms with Crippen LogP contribution in [0.1, 0.15) is 34.0 Å². The van der Waals surface area contributed by atoms with Gasteiger partial charge in [-0.3, -0.25) is 9.78 Å². The van der Waals surface area contributed by atoms with Crippen LogP contribution in [0.4, 0.5) is 4.39 Å². The number of benzene rings is 2. The minimum atomic E-state index is -3.29. The number of nitrogens with one attached hydrogen (secondary N) is 1. The largest absolute Gasteiger partial charge is 0.336 e. The van der Waals surface area contributed by atoms with E-state index in [9.17, 15) is 17.6 Å². The van der Waals surface area contributed by atoms with E-state index in [0.717, 1.165) is 28.9 Å². The fraction of sp³-hybridized carbons (Fsp3) is 0.323. The molecule has 4 aromatic rings. The SMILES string of the molecule is CS(=O)(=O)N1CCN(C(=O)c2cc(CCNC3C[C@H]3c3ccc(F)cc3)nc(-c3ccc(-n4cccn4)cc3)c2)CC1. The summed E-state index contributed by atoms with van der Waals surface area (Å²) >= 11 is 0. The van der Waals surface area contributed by atoms with Gasteiger partial charge in [0, 0.05) is 80.3 Å². The summed E-state index contributed by atoms with van der Waals surface area (Å²) < 4.78 is 40.3. The van der Waals surface area contributed by atoms with Gasteiger partial charge in [0.15, 0.2) is 0 Å². The first-order chi connectivity index (χ1) is 20.2. The van der Waals surface area contributed by atoms with Crippen LogP contribution < -0.4 is 5.32 Å². The third kappa shape index (κ3) is 6.43. The monoisotopic (exact) mass is 588 g/mol. The summed E-state index contributed by atoms with van der Waals surface area (Å²) in [5.74, 6) is 0.0159. The lowest BCUT2D eigenvalue weighted by molar-refractivity contribution is 0.0698. The molecule has 2 aromatic heterocycles. The van der Waals surface area contributed by atoms with Crippen LogP contribution in [0, 0.1) is 5.82 Å². The quantitative estimate of drug-likeness (QED) is 0.322. The highest BCUT2D eigenvalue weighted by atomic mass is 32.2. The number of halogens is 1. The van der Waals surface area contributed by atoms with Gasteiger partial charge in [-0.15, -0.1) is 0 Å². The second-order valence-corrected chi connectivity index (χ2v) is 12.9. The molecule has 42 heavy (non-hydrogen) atoms. The molecule has 1 amide bonds. The zero-order chi connectivity index (χ0) is 29.3. The van der Waals surface area contributed by atoms with E-state index in [2.05, 4.69) is 10.4 Å². The molecule has 2 aromatic carbocycles. The minimum Gasteiger partial charge on any atom is -0.336 e. The molecule has 0 spiro atoms. The molecule has 1 aliphatic heterocycles. The Morgan fingerprint density at radius 3 is 2.43 bits per heavy atom. The molecule has 1 saturated carbocycles. The summed E-state index contributed by atoms with van der Waals surface area (Å²) in [6.07, 6.45) is 6.44. The Bertz CT molecular complexity index is 1650. The van der Waals surface area contributed by atoms with Crippen molar-refractivity contribution in [3.8, 4) is 16.9 Å². The van der Waals surface area contributed by atoms with Crippen molar-refractivity contribution in [2.75, 3.05) is 39.0 Å². The Kier molecular flexibility index (Phi) is 7.89. The Labute approximate surface area is 245 Å². The molecule has 11 heteroatoms. The lowest BCUT2D eigenvalue weighted by atomic mass is 10.1. The lowest BCUT2D eigenvalue weighted by Crippen LogP contribution is -2.50. The number of carbonyl (C=O) groups is 1. The number of rotatable bonds is 9. The second kappa shape index (κ2) is 11.7. The van der Waals surface area contributed by atoms with Crippen LogP contribution in [0.2, 0.25) is 0 Å². The lowest BCUT2D eigenvalue weighted by Gasteiger charge is -2.33. The highest BCUT2D eigenvalue weighted by Gasteiger charge is 2.37. The summed E-state index contributed by atoms with van der Waals surface area (Å²) in [4.78, 5) is 20.2. The van der Waals surface area contributed by atoms with Gasteiger partial charge in [-0.25, -0.2) is 17.5 Å². The summed E-state index contributed by atoms with van der Waals surface area (Å²) in [6.45, 7) is 1.93. The highest BCUT2D eigenvalue weighted by Crippen LogP contribution is 2.40. The predicted octanol–water partition coefficient (Wildman–Crippen LogP) is 3.48. The molecule has 1 saturated heterocycles. The van der Waals surface area contributed by atoms with Gasteiger partial charge in [-0.05, 0) is 54.4 Å². The molecule has 9 nitrogen and oxygen atoms in total. The molecule has 6 rings (SSSR count). The maximum absolute atomic E-state index is 13.6. The van der Waals surface area contributed by atoms with Crippen LogP contribution in [-0.2, 0) is 16.4 Å². The van der Waals surface area contributed by atoms with Crippen molar-refractivity contribution < 1.29 is 17.6 Å². The van der Waals surface area contributed by atoms with Gasteiger partial charge in [-0.2, -0.15) is 9.40 Å². The van der Waals surface area contributed by atoms with Gasteiger partial charge < -0.3 is 10.2 Å². The number of pyridine rings is 1. The van der Waals surface area contributed by atoms with Gasteiger partial charge in [0.1, 0.15) is 5.82 Å². The Morgan fingerprint density at radius 2 is 1.76 bits per heavy atom. The van der Waals surface area contributed by atoms with E-state index in [-0.39, 0.29) is 24.8 Å². The molecule has 1 N–H and O–H groups in total. The van der Waals surface area contributed by atoms with Crippen LogP contribution in [0.5, 0.6) is 0 Å². The first-order valence-corrected chi connectivity index (χ1v) is 15.9. The zero-order valence-corrected chi connectivity index (χ0v) is 24.2. The van der Waals surface area contributed by atoms with E-state index < -0.39 is 10.0 Å². The fourth-order valence-corrected chi connectivity index (χ4v) is 6.31. The number of amides is 1. The van der Waals surface area contributed by atoms with E-state index in [0.29, 0.717) is 49.3 Å². The number of sulfonamides is 1. The Morgan fingerprint density at radius 1 is 1.02 bits per heavy atom. The summed E-state index contributed by atoms with van der Waals surface area (Å²) in [5, 5.41) is 7.86. The average Bonchev–Trinajstić information content (AvgIpc) is 3.54. The molecule has 1 aliphatic carbocycles. The van der Waals surface area contributed by atoms with Crippen LogP contribution >= 0.6 is 0 Å². The molecule has 3 heterocycles. The summed E-state index contributed by atoms with van der Waals surface area (Å²) in [7, 11) is -3.29. The average molecular weight is 589 g/mol. The predicted molar refractivity (Wildman–Crippen MR) is 158 cm³/mol. The van der Waals surface area contributed by atoms with E-state index in [1.807, 2.05) is 60.8 Å². The standard InChI is InChI=1S/C31H33FN6O3S/c1-42(40,41)37-17-15-36(16-18-37)31(39)24-19-26(11-13-33-30-21-28(30)22-3-7-25(32)8-4-22)35-29(20-24)23-5-9-27(10-6-23)38-14-2-12-34-38/h2-10,12,14,19-20,28,30,33H,11,13,15-18,21H2,1H3/t28-,30?/m0/s1. The van der Waals surface area contributed by atoms with Crippen molar-refractivity contribution in [3.63, 3.8) is 0 Å². The van der Waals surface area contributed by atoms with Crippen molar-refractivity contribution in [2.24, 2.45) is 0 Å². The van der Waals surface area contributed by atoms with Crippen molar-refractivity contribution in [3.05, 3.63) is 102 Å². The van der Waals surface area contributed by atoms with E-state index in [1.165, 1.54) is 22.7 Å². The van der Waals surface area contributed by atoms with Crippen LogP contribution in [-0.4, -0.2) is 83.3 Å². The van der Waals surface area contributed by atoms with Gasteiger partial charge in [0.05, 0.1) is 17.6 Å². The molecule has 2 atom stereocenters. The number of nitrogens with zero attached hydrogens (tertiary/aromatic N) is 5. The van der Waals surface area contributed by atoms with E-state index >= 15 is 0 Å². The molecular formula is C31H33FN6O3S. The van der Waals surface area contributed by atoms with Crippen LogP contribution in [0.3, 0.4) is 0 Å². The molecule has 218 valence electrons. The Balaban J connectivity index is 1.18. The van der Waals surface area contributed by atoms with E-state index in [4.69, 9.17) is 4.98 Å². The van der Waals surface area contributed by atoms with Crippen molar-refractivity contribution in [1.29, 1.82) is 0 Å². The molecule has 2 aliphatic rings. The van der Waals surface area contributed by atoms with Gasteiger partial charge in [-0.1, -0.05) is 24.3 Å². The van der Waals surface area contributed by atoms with Crippen LogP contribution in [0.25, 0.3) is 16.9 Å². The third-order valence-corrected chi connectivity index (χ3v) is 9.23. The van der Waals surface area contributed by atoms with Crippen molar-refractivity contribution in [2.45, 2.75) is 24.8 Å². The van der Waals surface area contributed by atoms with Crippen LogP contribution in [0.15, 0.2) is 79.1 Å². The van der Waals surface area contributed by atoms with Crippen molar-refractivity contribution in [1.82, 2.24) is 29.3 Å². The number of aromatic nitrogens is 3. The first-order valence-electron chi connectivity index (χ1n) is 14.1. The third-order valence-electron chi connectivity index (χ3n) is 7.93. The van der Waals surface area contributed by atoms with Crippen molar-refractivity contribution >= 4 is 15.9 Å². The maximum atomic E-state index is 13.6. The topological polar surface area (TPSA) is 100 Å². The number of piperazine rings is 1. The molecule has 0 radical (unpaired) electrons. The number of hydrogen-bond donors (Lipinski definition) is 1. The summed E-state index contributed by atoms with van der Waals surface area (Å²) in [6, 6.07) is 20.4. The van der Waals surface area contributed by atoms with E-state index in [1.54, 1.807) is 15.8 Å². The summed E-state index contributed by atoms with van der Waals surface area (Å²) in [5.41, 5.74) is 4.98. The first kappa shape index (κ1) is 28.2. The molecular weight excluding hydrogens is 555 g/mol. The smallest absolute Gasteiger partial charge is 0.254 e. The van der Waals surface area contributed by atoms with Gasteiger partial charge >= 0.3 is 0 Å².